The number of para-hydroxylation sites is 1. The summed E-state index contributed by atoms with van der Waals surface area (Å²) in [5.41, 5.74) is 7.85. The lowest BCUT2D eigenvalue weighted by Gasteiger charge is -1.97. The van der Waals surface area contributed by atoms with Crippen LogP contribution in [0.4, 0.5) is 5.69 Å². The molecular formula is C11H15N2+. The zero-order valence-electron chi connectivity index (χ0n) is 7.74. The lowest BCUT2D eigenvalue weighted by atomic mass is 10.2. The molecule has 1 aromatic rings. The van der Waals surface area contributed by atoms with Crippen molar-refractivity contribution in [2.45, 2.75) is 12.8 Å². The molecule has 1 aliphatic rings. The molecule has 68 valence electrons. The molecule has 2 rings (SSSR count). The first kappa shape index (κ1) is 8.30. The van der Waals surface area contributed by atoms with Crippen molar-refractivity contribution in [3.8, 4) is 0 Å². The SMILES string of the molecule is Nc1ccccc1C=[N+]1CCCC1. The van der Waals surface area contributed by atoms with Gasteiger partial charge in [0, 0.05) is 18.5 Å². The second-order valence-electron chi connectivity index (χ2n) is 3.50. The molecule has 0 amide bonds. The lowest BCUT2D eigenvalue weighted by molar-refractivity contribution is -0.500. The molecule has 1 fully saturated rings. The summed E-state index contributed by atoms with van der Waals surface area (Å²) in [5, 5.41) is 0. The zero-order chi connectivity index (χ0) is 9.10. The maximum absolute atomic E-state index is 5.84. The first-order valence-corrected chi connectivity index (χ1v) is 4.80. The third-order valence-electron chi connectivity index (χ3n) is 2.46. The van der Waals surface area contributed by atoms with E-state index in [2.05, 4.69) is 16.9 Å². The Bertz CT molecular complexity index is 321. The summed E-state index contributed by atoms with van der Waals surface area (Å²) in [6.07, 6.45) is 4.79. The van der Waals surface area contributed by atoms with E-state index in [1.807, 2.05) is 18.2 Å². The maximum Gasteiger partial charge on any atom is 0.172 e. The molecule has 1 aromatic carbocycles. The minimum atomic E-state index is 0.870. The molecule has 1 aliphatic heterocycles. The average Bonchev–Trinajstić information content (AvgIpc) is 2.61. The standard InChI is InChI=1S/C11H14N2/c12-11-6-2-1-5-10(11)9-13-7-3-4-8-13/h1-2,5-6,9,12H,3-4,7-8H2/p+1. The average molecular weight is 175 g/mol. The normalized spacial score (nSPS) is 16.2. The molecule has 2 heteroatoms. The van der Waals surface area contributed by atoms with Crippen LogP contribution in [0.2, 0.25) is 0 Å². The number of hydrogen-bond donors (Lipinski definition) is 1. The predicted molar refractivity (Wildman–Crippen MR) is 55.2 cm³/mol. The molecule has 2 nitrogen and oxygen atoms in total. The van der Waals surface area contributed by atoms with E-state index in [0.29, 0.717) is 0 Å². The van der Waals surface area contributed by atoms with Crippen LogP contribution < -0.4 is 5.73 Å². The van der Waals surface area contributed by atoms with Gasteiger partial charge in [-0.2, -0.15) is 0 Å². The molecule has 0 saturated carbocycles. The molecule has 0 radical (unpaired) electrons. The summed E-state index contributed by atoms with van der Waals surface area (Å²) in [6.45, 7) is 2.35. The third kappa shape index (κ3) is 1.89. The first-order chi connectivity index (χ1) is 6.36. The fraction of sp³-hybridized carbons (Fsp3) is 0.364. The van der Waals surface area contributed by atoms with E-state index < -0.39 is 0 Å². The minimum Gasteiger partial charge on any atom is -0.398 e. The van der Waals surface area contributed by atoms with Crippen LogP contribution in [-0.4, -0.2) is 23.9 Å². The maximum atomic E-state index is 5.84. The van der Waals surface area contributed by atoms with Gasteiger partial charge in [-0.15, -0.1) is 0 Å². The van der Waals surface area contributed by atoms with Crippen molar-refractivity contribution in [2.75, 3.05) is 18.8 Å². The van der Waals surface area contributed by atoms with Gasteiger partial charge in [0.2, 0.25) is 0 Å². The summed E-state index contributed by atoms with van der Waals surface area (Å²) in [5.74, 6) is 0. The highest BCUT2D eigenvalue weighted by Gasteiger charge is 2.12. The van der Waals surface area contributed by atoms with Crippen molar-refractivity contribution in [2.24, 2.45) is 0 Å². The van der Waals surface area contributed by atoms with E-state index in [1.54, 1.807) is 0 Å². The van der Waals surface area contributed by atoms with Crippen molar-refractivity contribution in [3.05, 3.63) is 29.8 Å². The first-order valence-electron chi connectivity index (χ1n) is 4.80. The Morgan fingerprint density at radius 1 is 1.15 bits per heavy atom. The van der Waals surface area contributed by atoms with Crippen LogP contribution in [0.25, 0.3) is 0 Å². The lowest BCUT2D eigenvalue weighted by Crippen LogP contribution is -2.09. The van der Waals surface area contributed by atoms with Crippen LogP contribution in [0, 0.1) is 0 Å². The monoisotopic (exact) mass is 175 g/mol. The Labute approximate surface area is 78.7 Å². The van der Waals surface area contributed by atoms with Crippen LogP contribution in [-0.2, 0) is 0 Å². The Morgan fingerprint density at radius 3 is 2.54 bits per heavy atom. The van der Waals surface area contributed by atoms with Crippen LogP contribution in [0.3, 0.4) is 0 Å². The quantitative estimate of drug-likeness (QED) is 0.508. The van der Waals surface area contributed by atoms with Gasteiger partial charge in [-0.05, 0) is 12.1 Å². The molecule has 0 spiro atoms. The predicted octanol–water partition coefficient (Wildman–Crippen LogP) is 1.49. The van der Waals surface area contributed by atoms with E-state index in [0.717, 1.165) is 11.3 Å². The molecule has 0 aromatic heterocycles. The highest BCUT2D eigenvalue weighted by molar-refractivity contribution is 5.83. The molecule has 0 aliphatic carbocycles. The van der Waals surface area contributed by atoms with E-state index >= 15 is 0 Å². The Morgan fingerprint density at radius 2 is 1.85 bits per heavy atom. The summed E-state index contributed by atoms with van der Waals surface area (Å²) >= 11 is 0. The zero-order valence-corrected chi connectivity index (χ0v) is 7.74. The molecule has 1 saturated heterocycles. The second kappa shape index (κ2) is 3.60. The van der Waals surface area contributed by atoms with Gasteiger partial charge < -0.3 is 5.73 Å². The number of anilines is 1. The molecule has 1 heterocycles. The van der Waals surface area contributed by atoms with E-state index in [1.165, 1.54) is 25.9 Å². The van der Waals surface area contributed by atoms with Gasteiger partial charge in [-0.1, -0.05) is 12.1 Å². The van der Waals surface area contributed by atoms with Crippen molar-refractivity contribution < 1.29 is 4.58 Å². The number of benzene rings is 1. The Hall–Kier alpha value is -1.31. The fourth-order valence-electron chi connectivity index (χ4n) is 1.70. The number of rotatable bonds is 1. The van der Waals surface area contributed by atoms with Gasteiger partial charge in [-0.3, -0.25) is 0 Å². The third-order valence-corrected chi connectivity index (χ3v) is 2.46. The van der Waals surface area contributed by atoms with Crippen molar-refractivity contribution in [3.63, 3.8) is 0 Å². The largest absolute Gasteiger partial charge is 0.398 e. The molecule has 0 atom stereocenters. The molecule has 0 unspecified atom stereocenters. The van der Waals surface area contributed by atoms with Gasteiger partial charge in [-0.25, -0.2) is 4.58 Å². The van der Waals surface area contributed by atoms with Gasteiger partial charge >= 0.3 is 0 Å². The number of hydrogen-bond acceptors (Lipinski definition) is 1. The summed E-state index contributed by atoms with van der Waals surface area (Å²) in [6, 6.07) is 8.00. The van der Waals surface area contributed by atoms with Crippen molar-refractivity contribution >= 4 is 11.9 Å². The molecule has 0 bridgehead atoms. The van der Waals surface area contributed by atoms with E-state index in [4.69, 9.17) is 5.73 Å². The second-order valence-corrected chi connectivity index (χ2v) is 3.50. The Balaban J connectivity index is 2.25. The molecular weight excluding hydrogens is 160 g/mol. The van der Waals surface area contributed by atoms with Gasteiger partial charge in [0.25, 0.3) is 0 Å². The van der Waals surface area contributed by atoms with Gasteiger partial charge in [0.1, 0.15) is 13.1 Å². The Kier molecular flexibility index (Phi) is 2.30. The van der Waals surface area contributed by atoms with Crippen LogP contribution in [0.5, 0.6) is 0 Å². The number of nitrogens with two attached hydrogens (primary N) is 1. The van der Waals surface area contributed by atoms with E-state index in [-0.39, 0.29) is 0 Å². The summed E-state index contributed by atoms with van der Waals surface area (Å²) in [7, 11) is 0. The van der Waals surface area contributed by atoms with Crippen LogP contribution in [0.1, 0.15) is 18.4 Å². The number of nitrogen functional groups attached to an aromatic ring is 1. The smallest absolute Gasteiger partial charge is 0.172 e. The highest BCUT2D eigenvalue weighted by atomic mass is 15.0. The number of nitrogens with zero attached hydrogens (tertiary/aromatic N) is 1. The summed E-state index contributed by atoms with van der Waals surface area (Å²) < 4.78 is 2.34. The van der Waals surface area contributed by atoms with Gasteiger partial charge in [0.15, 0.2) is 6.21 Å². The van der Waals surface area contributed by atoms with E-state index in [9.17, 15) is 0 Å². The molecule has 2 N–H and O–H groups in total. The van der Waals surface area contributed by atoms with Crippen LogP contribution in [0.15, 0.2) is 24.3 Å². The van der Waals surface area contributed by atoms with Crippen molar-refractivity contribution in [1.82, 2.24) is 0 Å². The van der Waals surface area contributed by atoms with Crippen LogP contribution >= 0.6 is 0 Å². The fourth-order valence-corrected chi connectivity index (χ4v) is 1.70. The van der Waals surface area contributed by atoms with Crippen molar-refractivity contribution in [1.29, 1.82) is 0 Å². The highest BCUT2D eigenvalue weighted by Crippen LogP contribution is 2.09. The molecule has 13 heavy (non-hydrogen) atoms. The topological polar surface area (TPSA) is 29.0 Å². The minimum absolute atomic E-state index is 0.870. The van der Waals surface area contributed by atoms with Gasteiger partial charge in [0.05, 0.1) is 5.56 Å². The summed E-state index contributed by atoms with van der Waals surface area (Å²) in [4.78, 5) is 0.